The van der Waals surface area contributed by atoms with E-state index in [2.05, 4.69) is 5.32 Å². The van der Waals surface area contributed by atoms with E-state index < -0.39 is 21.9 Å². The Balaban J connectivity index is 2.13. The van der Waals surface area contributed by atoms with Crippen LogP contribution in [0.5, 0.6) is 0 Å². The molecule has 0 bridgehead atoms. The van der Waals surface area contributed by atoms with Crippen LogP contribution in [-0.4, -0.2) is 50.6 Å². The van der Waals surface area contributed by atoms with Crippen LogP contribution >= 0.6 is 0 Å². The Morgan fingerprint density at radius 1 is 1.36 bits per heavy atom. The third kappa shape index (κ3) is 4.79. The second-order valence-corrected chi connectivity index (χ2v) is 8.13. The summed E-state index contributed by atoms with van der Waals surface area (Å²) in [6, 6.07) is 5.04. The zero-order chi connectivity index (χ0) is 18.6. The van der Waals surface area contributed by atoms with Crippen LogP contribution in [0.25, 0.3) is 0 Å². The Kier molecular flexibility index (Phi) is 6.18. The number of nitrogens with zero attached hydrogens (tertiary/aromatic N) is 1. The maximum atomic E-state index is 12.6. The van der Waals surface area contributed by atoms with E-state index in [4.69, 9.17) is 4.74 Å². The monoisotopic (exact) mass is 368 g/mol. The molecule has 7 nitrogen and oxygen atoms in total. The van der Waals surface area contributed by atoms with Gasteiger partial charge >= 0.3 is 5.97 Å². The minimum absolute atomic E-state index is 0.182. The molecule has 0 aliphatic carbocycles. The summed E-state index contributed by atoms with van der Waals surface area (Å²) >= 11 is 0. The van der Waals surface area contributed by atoms with Crippen LogP contribution in [0.1, 0.15) is 35.7 Å². The molecule has 8 heteroatoms. The average molecular weight is 368 g/mol. The average Bonchev–Trinajstić information content (AvgIpc) is 2.56. The molecule has 2 rings (SSSR count). The first-order valence-electron chi connectivity index (χ1n) is 8.26. The molecule has 1 amide bonds. The van der Waals surface area contributed by atoms with E-state index in [0.29, 0.717) is 36.2 Å². The molecule has 1 atom stereocenters. The predicted molar refractivity (Wildman–Crippen MR) is 94.9 cm³/mol. The molecule has 25 heavy (non-hydrogen) atoms. The summed E-state index contributed by atoms with van der Waals surface area (Å²) in [6.45, 7) is 4.38. The zero-order valence-electron chi connectivity index (χ0n) is 14.7. The van der Waals surface area contributed by atoms with Gasteiger partial charge < -0.3 is 10.1 Å². The highest BCUT2D eigenvalue weighted by atomic mass is 32.2. The minimum Gasteiger partial charge on any atom is -0.462 e. The smallest absolute Gasteiger partial charge is 0.338 e. The number of hydrogen-bond acceptors (Lipinski definition) is 5. The Morgan fingerprint density at radius 2 is 2.08 bits per heavy atom. The van der Waals surface area contributed by atoms with Gasteiger partial charge in [0.15, 0.2) is 0 Å². The van der Waals surface area contributed by atoms with Crippen molar-refractivity contribution in [2.24, 2.45) is 5.92 Å². The summed E-state index contributed by atoms with van der Waals surface area (Å²) < 4.78 is 29.7. The van der Waals surface area contributed by atoms with Crippen molar-refractivity contribution in [3.8, 4) is 0 Å². The van der Waals surface area contributed by atoms with Gasteiger partial charge in [-0.15, -0.1) is 0 Å². The zero-order valence-corrected chi connectivity index (χ0v) is 15.6. The Bertz CT molecular complexity index is 760. The quantitative estimate of drug-likeness (QED) is 0.800. The van der Waals surface area contributed by atoms with Crippen molar-refractivity contribution in [2.75, 3.05) is 31.3 Å². The van der Waals surface area contributed by atoms with Crippen molar-refractivity contribution in [3.63, 3.8) is 0 Å². The van der Waals surface area contributed by atoms with Gasteiger partial charge in [0.2, 0.25) is 15.9 Å². The molecule has 138 valence electrons. The molecule has 0 spiro atoms. The maximum absolute atomic E-state index is 12.6. The number of amides is 1. The number of carbonyl (C=O) groups excluding carboxylic acids is 2. The normalized spacial score (nSPS) is 18.6. The van der Waals surface area contributed by atoms with E-state index in [1.54, 1.807) is 32.0 Å². The van der Waals surface area contributed by atoms with Gasteiger partial charge in [-0.1, -0.05) is 6.07 Å². The molecule has 0 aromatic heterocycles. The van der Waals surface area contributed by atoms with Crippen LogP contribution < -0.4 is 5.32 Å². The predicted octanol–water partition coefficient (Wildman–Crippen LogP) is 1.78. The van der Waals surface area contributed by atoms with Crippen LogP contribution in [0, 0.1) is 12.8 Å². The molecule has 1 aromatic rings. The van der Waals surface area contributed by atoms with Gasteiger partial charge in [-0.3, -0.25) is 4.79 Å². The molecule has 1 aromatic carbocycles. The molecular formula is C17H24N2O5S. The number of hydrogen-bond donors (Lipinski definition) is 1. The maximum Gasteiger partial charge on any atom is 0.338 e. The summed E-state index contributed by atoms with van der Waals surface area (Å²) in [5, 5.41) is 2.82. The summed E-state index contributed by atoms with van der Waals surface area (Å²) in [6.07, 6.45) is 2.43. The summed E-state index contributed by atoms with van der Waals surface area (Å²) in [5.74, 6) is -1.08. The highest BCUT2D eigenvalue weighted by molar-refractivity contribution is 7.88. The van der Waals surface area contributed by atoms with E-state index in [1.807, 2.05) is 0 Å². The lowest BCUT2D eigenvalue weighted by Crippen LogP contribution is -2.43. The SMILES string of the molecule is CCOC(=O)c1cccc(NC(=O)[C@H]2CCCN(S(C)(=O)=O)C2)c1C. The lowest BCUT2D eigenvalue weighted by atomic mass is 9.98. The van der Waals surface area contributed by atoms with Crippen molar-refractivity contribution >= 4 is 27.6 Å². The van der Waals surface area contributed by atoms with Crippen molar-refractivity contribution in [3.05, 3.63) is 29.3 Å². The Hall–Kier alpha value is -1.93. The van der Waals surface area contributed by atoms with Crippen LogP contribution in [0.4, 0.5) is 5.69 Å². The Labute approximate surface area is 148 Å². The van der Waals surface area contributed by atoms with Gasteiger partial charge in [0.05, 0.1) is 24.3 Å². The van der Waals surface area contributed by atoms with Gasteiger partial charge in [-0.05, 0) is 44.4 Å². The van der Waals surface area contributed by atoms with Gasteiger partial charge in [-0.2, -0.15) is 0 Å². The van der Waals surface area contributed by atoms with E-state index >= 15 is 0 Å². The molecular weight excluding hydrogens is 344 g/mol. The highest BCUT2D eigenvalue weighted by Gasteiger charge is 2.30. The molecule has 0 unspecified atom stereocenters. The van der Waals surface area contributed by atoms with E-state index in [0.717, 1.165) is 6.26 Å². The fourth-order valence-electron chi connectivity index (χ4n) is 2.89. The molecule has 1 heterocycles. The second kappa shape index (κ2) is 7.97. The molecule has 1 saturated heterocycles. The topological polar surface area (TPSA) is 92.8 Å². The lowest BCUT2D eigenvalue weighted by molar-refractivity contribution is -0.120. The number of esters is 1. The first kappa shape index (κ1) is 19.4. The molecule has 1 aliphatic heterocycles. The largest absolute Gasteiger partial charge is 0.462 e. The standard InChI is InChI=1S/C17H24N2O5S/c1-4-24-17(21)14-8-5-9-15(12(14)2)18-16(20)13-7-6-10-19(11-13)25(3,22)23/h5,8-9,13H,4,6-7,10-11H2,1-3H3,(H,18,20)/t13-/m0/s1. The van der Waals surface area contributed by atoms with Gasteiger partial charge in [0.1, 0.15) is 0 Å². The highest BCUT2D eigenvalue weighted by Crippen LogP contribution is 2.24. The number of sulfonamides is 1. The van der Waals surface area contributed by atoms with Crippen molar-refractivity contribution < 1.29 is 22.7 Å². The molecule has 1 aliphatic rings. The molecule has 0 radical (unpaired) electrons. The number of ether oxygens (including phenoxy) is 1. The fourth-order valence-corrected chi connectivity index (χ4v) is 3.80. The number of anilines is 1. The van der Waals surface area contributed by atoms with E-state index in [-0.39, 0.29) is 19.1 Å². The first-order valence-corrected chi connectivity index (χ1v) is 10.1. The number of carbonyl (C=O) groups is 2. The number of benzene rings is 1. The van der Waals surface area contributed by atoms with Crippen LogP contribution in [0.2, 0.25) is 0 Å². The summed E-state index contributed by atoms with van der Waals surface area (Å²) in [5.41, 5.74) is 1.57. The number of nitrogens with one attached hydrogen (secondary N) is 1. The van der Waals surface area contributed by atoms with Gasteiger partial charge in [-0.25, -0.2) is 17.5 Å². The molecule has 1 fully saturated rings. The van der Waals surface area contributed by atoms with Crippen LogP contribution in [0.3, 0.4) is 0 Å². The second-order valence-electron chi connectivity index (χ2n) is 6.15. The van der Waals surface area contributed by atoms with Crippen molar-refractivity contribution in [1.82, 2.24) is 4.31 Å². The third-order valence-corrected chi connectivity index (χ3v) is 5.58. The minimum atomic E-state index is -3.31. The molecule has 0 saturated carbocycles. The van der Waals surface area contributed by atoms with E-state index in [9.17, 15) is 18.0 Å². The van der Waals surface area contributed by atoms with Gasteiger partial charge in [0, 0.05) is 18.8 Å². The van der Waals surface area contributed by atoms with Crippen LogP contribution in [-0.2, 0) is 19.6 Å². The number of piperidine rings is 1. The summed E-state index contributed by atoms with van der Waals surface area (Å²) in [7, 11) is -3.31. The van der Waals surface area contributed by atoms with Crippen molar-refractivity contribution in [2.45, 2.75) is 26.7 Å². The van der Waals surface area contributed by atoms with Gasteiger partial charge in [0.25, 0.3) is 0 Å². The lowest BCUT2D eigenvalue weighted by Gasteiger charge is -2.30. The van der Waals surface area contributed by atoms with Crippen LogP contribution in [0.15, 0.2) is 18.2 Å². The summed E-state index contributed by atoms with van der Waals surface area (Å²) in [4.78, 5) is 24.5. The fraction of sp³-hybridized carbons (Fsp3) is 0.529. The molecule has 1 N–H and O–H groups in total. The Morgan fingerprint density at radius 3 is 2.72 bits per heavy atom. The third-order valence-electron chi connectivity index (χ3n) is 4.31. The first-order chi connectivity index (χ1) is 11.7. The van der Waals surface area contributed by atoms with Crippen molar-refractivity contribution in [1.29, 1.82) is 0 Å². The van der Waals surface area contributed by atoms with E-state index in [1.165, 1.54) is 4.31 Å². The number of rotatable bonds is 5.